The van der Waals surface area contributed by atoms with Crippen molar-refractivity contribution in [1.82, 2.24) is 23.8 Å². The van der Waals surface area contributed by atoms with E-state index in [1.54, 1.807) is 23.2 Å². The van der Waals surface area contributed by atoms with Gasteiger partial charge < -0.3 is 19.6 Å². The second kappa shape index (κ2) is 6.86. The Kier molecular flexibility index (Phi) is 4.39. The van der Waals surface area contributed by atoms with Gasteiger partial charge in [0, 0.05) is 43.8 Å². The second-order valence-corrected chi connectivity index (χ2v) is 7.07. The van der Waals surface area contributed by atoms with Crippen LogP contribution in [0.5, 0.6) is 0 Å². The van der Waals surface area contributed by atoms with Crippen LogP contribution in [-0.4, -0.2) is 48.7 Å². The molecule has 1 aliphatic heterocycles. The summed E-state index contributed by atoms with van der Waals surface area (Å²) in [5.41, 5.74) is 7.63. The van der Waals surface area contributed by atoms with Crippen molar-refractivity contribution in [2.75, 3.05) is 13.1 Å². The molecule has 1 aliphatic rings. The summed E-state index contributed by atoms with van der Waals surface area (Å²) in [4.78, 5) is 34.9. The van der Waals surface area contributed by atoms with Crippen molar-refractivity contribution >= 4 is 17.5 Å². The molecule has 0 spiro atoms. The molecule has 0 aliphatic carbocycles. The van der Waals surface area contributed by atoms with Crippen LogP contribution in [0.4, 0.5) is 0 Å². The molecule has 8 nitrogen and oxygen atoms in total. The number of fused-ring (bicyclic) bond motifs is 1. The summed E-state index contributed by atoms with van der Waals surface area (Å²) in [5, 5.41) is 0. The molecule has 3 aromatic rings. The van der Waals surface area contributed by atoms with Crippen molar-refractivity contribution < 1.29 is 9.59 Å². The van der Waals surface area contributed by atoms with E-state index in [1.165, 1.54) is 0 Å². The molecule has 8 heteroatoms. The highest BCUT2D eigenvalue weighted by molar-refractivity contribution is 5.93. The fraction of sp³-hybridized carbons (Fsp3) is 0.368. The molecule has 4 heterocycles. The number of nitrogens with two attached hydrogens (primary N) is 1. The average molecular weight is 366 g/mol. The van der Waals surface area contributed by atoms with E-state index >= 15 is 0 Å². The van der Waals surface area contributed by atoms with Crippen LogP contribution in [0.1, 0.15) is 40.6 Å². The molecule has 0 bridgehead atoms. The van der Waals surface area contributed by atoms with Crippen LogP contribution in [0.15, 0.2) is 36.9 Å². The largest absolute Gasteiger partial charge is 0.368 e. The summed E-state index contributed by atoms with van der Waals surface area (Å²) >= 11 is 0. The lowest BCUT2D eigenvalue weighted by atomic mass is 9.97. The summed E-state index contributed by atoms with van der Waals surface area (Å²) in [6, 6.07) is 3.89. The van der Waals surface area contributed by atoms with Crippen LogP contribution >= 0.6 is 0 Å². The number of aryl methyl sites for hydroxylation is 1. The highest BCUT2D eigenvalue weighted by Crippen LogP contribution is 2.27. The maximum atomic E-state index is 13.0. The second-order valence-electron chi connectivity index (χ2n) is 7.07. The number of carbonyl (C=O) groups excluding carboxylic acids is 2. The minimum Gasteiger partial charge on any atom is -0.368 e. The lowest BCUT2D eigenvalue weighted by molar-refractivity contribution is -0.118. The minimum absolute atomic E-state index is 0.0749. The van der Waals surface area contributed by atoms with Crippen LogP contribution in [0.25, 0.3) is 5.65 Å². The Morgan fingerprint density at radius 2 is 2.15 bits per heavy atom. The highest BCUT2D eigenvalue weighted by Gasteiger charge is 2.29. The number of hydrogen-bond donors (Lipinski definition) is 1. The van der Waals surface area contributed by atoms with Gasteiger partial charge in [-0.15, -0.1) is 0 Å². The third kappa shape index (κ3) is 3.42. The van der Waals surface area contributed by atoms with Crippen LogP contribution in [-0.2, 0) is 11.3 Å². The monoisotopic (exact) mass is 366 g/mol. The van der Waals surface area contributed by atoms with E-state index in [0.717, 1.165) is 29.9 Å². The minimum atomic E-state index is -0.405. The lowest BCUT2D eigenvalue weighted by Crippen LogP contribution is -2.40. The number of carbonyl (C=O) groups is 2. The molecule has 1 fully saturated rings. The van der Waals surface area contributed by atoms with Gasteiger partial charge in [-0.2, -0.15) is 0 Å². The molecule has 0 radical (unpaired) electrons. The first-order chi connectivity index (χ1) is 13.0. The number of likely N-dealkylation sites (tertiary alicyclic amines) is 1. The normalized spacial score (nSPS) is 17.4. The lowest BCUT2D eigenvalue weighted by Gasteiger charge is -2.32. The summed E-state index contributed by atoms with van der Waals surface area (Å²) in [6.07, 6.45) is 8.96. The Hall–Kier alpha value is -3.16. The quantitative estimate of drug-likeness (QED) is 0.753. The van der Waals surface area contributed by atoms with E-state index in [2.05, 4.69) is 9.97 Å². The molecular weight excluding hydrogens is 344 g/mol. The molecule has 1 atom stereocenters. The van der Waals surface area contributed by atoms with Crippen molar-refractivity contribution in [3.8, 4) is 0 Å². The predicted molar refractivity (Wildman–Crippen MR) is 99.2 cm³/mol. The van der Waals surface area contributed by atoms with Gasteiger partial charge in [-0.05, 0) is 31.4 Å². The van der Waals surface area contributed by atoms with Crippen LogP contribution < -0.4 is 5.73 Å². The number of rotatable bonds is 4. The SMILES string of the molecule is Cc1ccc2nc(C(=O)N3CCC[C@@H](c4nccn4CC(N)=O)C3)cn2c1. The van der Waals surface area contributed by atoms with Gasteiger partial charge in [-0.25, -0.2) is 9.97 Å². The first kappa shape index (κ1) is 17.3. The molecule has 27 heavy (non-hydrogen) atoms. The van der Waals surface area contributed by atoms with Gasteiger partial charge in [0.25, 0.3) is 5.91 Å². The molecule has 2 N–H and O–H groups in total. The number of aromatic nitrogens is 4. The maximum absolute atomic E-state index is 13.0. The van der Waals surface area contributed by atoms with E-state index < -0.39 is 5.91 Å². The first-order valence-corrected chi connectivity index (χ1v) is 9.05. The van der Waals surface area contributed by atoms with Crippen LogP contribution in [0.2, 0.25) is 0 Å². The third-order valence-corrected chi connectivity index (χ3v) is 4.97. The molecular formula is C19H22N6O2. The molecule has 140 valence electrons. The molecule has 3 aromatic heterocycles. The van der Waals surface area contributed by atoms with Gasteiger partial charge in [-0.3, -0.25) is 9.59 Å². The van der Waals surface area contributed by atoms with Crippen molar-refractivity contribution in [2.24, 2.45) is 5.73 Å². The number of imidazole rings is 2. The Labute approximate surface area is 156 Å². The predicted octanol–water partition coefficient (Wildman–Crippen LogP) is 1.34. The van der Waals surface area contributed by atoms with Gasteiger partial charge in [0.05, 0.1) is 0 Å². The number of nitrogens with zero attached hydrogens (tertiary/aromatic N) is 5. The fourth-order valence-corrected chi connectivity index (χ4v) is 3.72. The zero-order chi connectivity index (χ0) is 19.0. The average Bonchev–Trinajstić information content (AvgIpc) is 3.27. The van der Waals surface area contributed by atoms with E-state index in [0.29, 0.717) is 18.8 Å². The van der Waals surface area contributed by atoms with Gasteiger partial charge in [0.1, 0.15) is 23.7 Å². The third-order valence-electron chi connectivity index (χ3n) is 4.97. The Morgan fingerprint density at radius 3 is 2.96 bits per heavy atom. The van der Waals surface area contributed by atoms with Gasteiger partial charge in [0.2, 0.25) is 5.91 Å². The smallest absolute Gasteiger partial charge is 0.274 e. The summed E-state index contributed by atoms with van der Waals surface area (Å²) in [7, 11) is 0. The van der Waals surface area contributed by atoms with Gasteiger partial charge in [0.15, 0.2) is 0 Å². The van der Waals surface area contributed by atoms with E-state index in [9.17, 15) is 9.59 Å². The van der Waals surface area contributed by atoms with E-state index in [4.69, 9.17) is 5.73 Å². The van der Waals surface area contributed by atoms with Crippen molar-refractivity contribution in [3.05, 3.63) is 54.0 Å². The number of pyridine rings is 1. The summed E-state index contributed by atoms with van der Waals surface area (Å²) in [5.74, 6) is 0.403. The summed E-state index contributed by atoms with van der Waals surface area (Å²) in [6.45, 7) is 3.36. The van der Waals surface area contributed by atoms with Crippen molar-refractivity contribution in [3.63, 3.8) is 0 Å². The zero-order valence-electron chi connectivity index (χ0n) is 15.2. The van der Waals surface area contributed by atoms with Gasteiger partial charge >= 0.3 is 0 Å². The number of piperidine rings is 1. The Balaban J connectivity index is 1.54. The molecule has 0 saturated carbocycles. The number of hydrogen-bond acceptors (Lipinski definition) is 4. The first-order valence-electron chi connectivity index (χ1n) is 9.05. The molecule has 0 unspecified atom stereocenters. The molecule has 2 amide bonds. The number of amides is 2. The maximum Gasteiger partial charge on any atom is 0.274 e. The van der Waals surface area contributed by atoms with Crippen LogP contribution in [0.3, 0.4) is 0 Å². The Morgan fingerprint density at radius 1 is 1.30 bits per heavy atom. The fourth-order valence-electron chi connectivity index (χ4n) is 3.72. The van der Waals surface area contributed by atoms with Gasteiger partial charge in [-0.1, -0.05) is 6.07 Å². The molecule has 1 saturated heterocycles. The standard InChI is InChI=1S/C19H22N6O2/c1-13-4-5-17-22-15(11-25(17)9-13)19(27)24-7-2-3-14(10-24)18-21-6-8-23(18)12-16(20)26/h4-6,8-9,11,14H,2-3,7,10,12H2,1H3,(H2,20,26)/t14-/m1/s1. The number of primary amides is 1. The summed E-state index contributed by atoms with van der Waals surface area (Å²) < 4.78 is 3.65. The highest BCUT2D eigenvalue weighted by atomic mass is 16.2. The van der Waals surface area contributed by atoms with E-state index in [1.807, 2.05) is 34.6 Å². The topological polar surface area (TPSA) is 98.5 Å². The molecule has 4 rings (SSSR count). The van der Waals surface area contributed by atoms with Crippen molar-refractivity contribution in [1.29, 1.82) is 0 Å². The van der Waals surface area contributed by atoms with E-state index in [-0.39, 0.29) is 18.4 Å². The zero-order valence-corrected chi connectivity index (χ0v) is 15.2. The Bertz CT molecular complexity index is 1000. The van der Waals surface area contributed by atoms with Crippen LogP contribution in [0, 0.1) is 6.92 Å². The molecule has 0 aromatic carbocycles. The van der Waals surface area contributed by atoms with Crippen molar-refractivity contribution in [2.45, 2.75) is 32.2 Å².